The Morgan fingerprint density at radius 1 is 1.26 bits per heavy atom. The quantitative estimate of drug-likeness (QED) is 0.788. The van der Waals surface area contributed by atoms with Crippen LogP contribution in [0.5, 0.6) is 0 Å². The van der Waals surface area contributed by atoms with Crippen molar-refractivity contribution >= 4 is 27.4 Å². The number of esters is 1. The summed E-state index contributed by atoms with van der Waals surface area (Å²) in [5.74, 6) is -1.10. The lowest BCUT2D eigenvalue weighted by Crippen LogP contribution is -2.23. The van der Waals surface area contributed by atoms with Crippen LogP contribution in [-0.2, 0) is 19.4 Å². The van der Waals surface area contributed by atoms with Gasteiger partial charge in [0.15, 0.2) is 9.84 Å². The highest BCUT2D eigenvalue weighted by Gasteiger charge is 2.28. The number of hydrogen-bond acceptors (Lipinski definition) is 6. The predicted molar refractivity (Wildman–Crippen MR) is 84.8 cm³/mol. The molecule has 0 aromatic heterocycles. The second-order valence-corrected chi connectivity index (χ2v) is 7.78. The van der Waals surface area contributed by atoms with Crippen molar-refractivity contribution in [2.75, 3.05) is 18.7 Å². The number of amides is 1. The van der Waals surface area contributed by atoms with E-state index in [4.69, 9.17) is 5.73 Å². The van der Waals surface area contributed by atoms with Gasteiger partial charge in [-0.05, 0) is 37.5 Å². The number of rotatable bonds is 4. The van der Waals surface area contributed by atoms with Gasteiger partial charge in [-0.3, -0.25) is 4.79 Å². The number of hydrogen-bond donors (Lipinski definition) is 2. The third-order valence-corrected chi connectivity index (χ3v) is 4.96. The van der Waals surface area contributed by atoms with Crippen molar-refractivity contribution in [1.82, 2.24) is 0 Å². The first kappa shape index (κ1) is 17.4. The van der Waals surface area contributed by atoms with Gasteiger partial charge in [0.1, 0.15) is 0 Å². The highest BCUT2D eigenvalue weighted by Crippen LogP contribution is 2.26. The molecule has 1 aromatic carbocycles. The van der Waals surface area contributed by atoms with Gasteiger partial charge in [0.05, 0.1) is 17.6 Å². The highest BCUT2D eigenvalue weighted by atomic mass is 32.2. The summed E-state index contributed by atoms with van der Waals surface area (Å²) >= 11 is 0. The SMILES string of the molecule is COC(=O)c1cc(NC(=O)C2CCC(N)C2)cc(S(C)(=O)=O)c1. The maximum absolute atomic E-state index is 12.2. The lowest BCUT2D eigenvalue weighted by atomic mass is 10.1. The minimum Gasteiger partial charge on any atom is -0.465 e. The van der Waals surface area contributed by atoms with Crippen LogP contribution in [0.25, 0.3) is 0 Å². The van der Waals surface area contributed by atoms with Gasteiger partial charge < -0.3 is 15.8 Å². The van der Waals surface area contributed by atoms with E-state index in [0.29, 0.717) is 12.8 Å². The van der Waals surface area contributed by atoms with Crippen LogP contribution in [0.1, 0.15) is 29.6 Å². The molecular weight excluding hydrogens is 320 g/mol. The van der Waals surface area contributed by atoms with Crippen molar-refractivity contribution < 1.29 is 22.7 Å². The molecule has 2 rings (SSSR count). The molecule has 1 aliphatic carbocycles. The van der Waals surface area contributed by atoms with Crippen LogP contribution >= 0.6 is 0 Å². The van der Waals surface area contributed by atoms with Crippen molar-refractivity contribution in [1.29, 1.82) is 0 Å². The van der Waals surface area contributed by atoms with E-state index >= 15 is 0 Å². The molecule has 2 atom stereocenters. The minimum atomic E-state index is -3.53. The summed E-state index contributed by atoms with van der Waals surface area (Å²) in [6, 6.07) is 3.96. The fourth-order valence-electron chi connectivity index (χ4n) is 2.62. The topological polar surface area (TPSA) is 116 Å². The summed E-state index contributed by atoms with van der Waals surface area (Å²) in [6.07, 6.45) is 3.12. The van der Waals surface area contributed by atoms with E-state index < -0.39 is 15.8 Å². The molecule has 1 aliphatic rings. The van der Waals surface area contributed by atoms with Gasteiger partial charge >= 0.3 is 5.97 Å². The number of carbonyl (C=O) groups excluding carboxylic acids is 2. The molecule has 1 fully saturated rings. The molecule has 8 heteroatoms. The average Bonchev–Trinajstić information content (AvgIpc) is 2.92. The summed E-state index contributed by atoms with van der Waals surface area (Å²) in [5.41, 5.74) is 6.11. The molecule has 2 unspecified atom stereocenters. The summed E-state index contributed by atoms with van der Waals surface area (Å²) in [7, 11) is -2.33. The molecule has 23 heavy (non-hydrogen) atoms. The van der Waals surface area contributed by atoms with Gasteiger partial charge in [0.2, 0.25) is 5.91 Å². The zero-order valence-electron chi connectivity index (χ0n) is 13.0. The Bertz CT molecular complexity index is 729. The van der Waals surface area contributed by atoms with E-state index in [-0.39, 0.29) is 34.0 Å². The van der Waals surface area contributed by atoms with Crippen LogP contribution in [-0.4, -0.2) is 39.7 Å². The standard InChI is InChI=1S/C15H20N2O5S/c1-22-15(19)10-6-12(8-13(7-10)23(2,20)21)17-14(18)9-3-4-11(16)5-9/h6-9,11H,3-5,16H2,1-2H3,(H,17,18). The second-order valence-electron chi connectivity index (χ2n) is 5.77. The molecule has 0 aliphatic heterocycles. The zero-order valence-corrected chi connectivity index (χ0v) is 13.9. The number of ether oxygens (including phenoxy) is 1. The fraction of sp³-hybridized carbons (Fsp3) is 0.467. The molecule has 3 N–H and O–H groups in total. The molecule has 0 bridgehead atoms. The number of methoxy groups -OCH3 is 1. The lowest BCUT2D eigenvalue weighted by Gasteiger charge is -2.13. The average molecular weight is 340 g/mol. The third kappa shape index (κ3) is 4.29. The molecule has 126 valence electrons. The monoisotopic (exact) mass is 340 g/mol. The molecule has 1 saturated carbocycles. The van der Waals surface area contributed by atoms with Crippen molar-refractivity contribution in [3.63, 3.8) is 0 Å². The van der Waals surface area contributed by atoms with Crippen molar-refractivity contribution in [2.45, 2.75) is 30.2 Å². The molecular formula is C15H20N2O5S. The smallest absolute Gasteiger partial charge is 0.337 e. The Morgan fingerprint density at radius 3 is 2.48 bits per heavy atom. The van der Waals surface area contributed by atoms with Gasteiger partial charge in [0, 0.05) is 23.9 Å². The molecule has 0 saturated heterocycles. The van der Waals surface area contributed by atoms with Crippen LogP contribution in [0.3, 0.4) is 0 Å². The van der Waals surface area contributed by atoms with Gasteiger partial charge in [-0.2, -0.15) is 0 Å². The maximum atomic E-state index is 12.2. The number of nitrogens with one attached hydrogen (secondary N) is 1. The number of sulfone groups is 1. The van der Waals surface area contributed by atoms with Crippen LogP contribution in [0.15, 0.2) is 23.1 Å². The fourth-order valence-corrected chi connectivity index (χ4v) is 3.30. The second kappa shape index (κ2) is 6.67. The highest BCUT2D eigenvalue weighted by molar-refractivity contribution is 7.90. The van der Waals surface area contributed by atoms with Crippen LogP contribution < -0.4 is 11.1 Å². The predicted octanol–water partition coefficient (Wildman–Crippen LogP) is 0.943. The first-order valence-corrected chi connectivity index (χ1v) is 9.09. The van der Waals surface area contributed by atoms with Gasteiger partial charge in [-0.25, -0.2) is 13.2 Å². The van der Waals surface area contributed by atoms with E-state index in [1.165, 1.54) is 25.3 Å². The number of nitrogens with two attached hydrogens (primary N) is 1. The molecule has 7 nitrogen and oxygen atoms in total. The van der Waals surface area contributed by atoms with Gasteiger partial charge in [-0.15, -0.1) is 0 Å². The van der Waals surface area contributed by atoms with E-state index in [1.54, 1.807) is 0 Å². The van der Waals surface area contributed by atoms with E-state index in [1.807, 2.05) is 0 Å². The van der Waals surface area contributed by atoms with Crippen LogP contribution in [0.4, 0.5) is 5.69 Å². The van der Waals surface area contributed by atoms with Crippen LogP contribution in [0.2, 0.25) is 0 Å². The third-order valence-electron chi connectivity index (χ3n) is 3.87. The number of benzene rings is 1. The number of anilines is 1. The lowest BCUT2D eigenvalue weighted by molar-refractivity contribution is -0.119. The van der Waals surface area contributed by atoms with Crippen molar-refractivity contribution in [3.8, 4) is 0 Å². The molecule has 1 amide bonds. The van der Waals surface area contributed by atoms with Gasteiger partial charge in [0.25, 0.3) is 0 Å². The van der Waals surface area contributed by atoms with E-state index in [2.05, 4.69) is 10.1 Å². The zero-order chi connectivity index (χ0) is 17.2. The Kier molecular flexibility index (Phi) is 5.06. The summed E-state index contributed by atoms with van der Waals surface area (Å²) in [4.78, 5) is 23.9. The summed E-state index contributed by atoms with van der Waals surface area (Å²) in [6.45, 7) is 0. The maximum Gasteiger partial charge on any atom is 0.337 e. The van der Waals surface area contributed by atoms with Crippen LogP contribution in [0, 0.1) is 5.92 Å². The molecule has 0 heterocycles. The van der Waals surface area contributed by atoms with E-state index in [9.17, 15) is 18.0 Å². The van der Waals surface area contributed by atoms with Crippen molar-refractivity contribution in [2.24, 2.45) is 11.7 Å². The summed E-state index contributed by atoms with van der Waals surface area (Å²) in [5, 5.41) is 2.67. The Labute approximate surface area is 135 Å². The Hall–Kier alpha value is -1.93. The molecule has 1 aromatic rings. The number of carbonyl (C=O) groups is 2. The molecule has 0 radical (unpaired) electrons. The summed E-state index contributed by atoms with van der Waals surface area (Å²) < 4.78 is 28.1. The minimum absolute atomic E-state index is 0.0127. The van der Waals surface area contributed by atoms with Crippen molar-refractivity contribution in [3.05, 3.63) is 23.8 Å². The largest absolute Gasteiger partial charge is 0.465 e. The Morgan fingerprint density at radius 2 is 1.96 bits per heavy atom. The van der Waals surface area contributed by atoms with E-state index in [0.717, 1.165) is 12.7 Å². The first-order chi connectivity index (χ1) is 10.7. The Balaban J connectivity index is 2.30. The normalized spacial score (nSPS) is 21.0. The first-order valence-electron chi connectivity index (χ1n) is 7.20. The molecule has 0 spiro atoms. The van der Waals surface area contributed by atoms with Gasteiger partial charge in [-0.1, -0.05) is 0 Å².